The number of methoxy groups -OCH3 is 1. The second-order valence-corrected chi connectivity index (χ2v) is 4.57. The number of ether oxygens (including phenoxy) is 1. The third-order valence-electron chi connectivity index (χ3n) is 3.13. The number of hydrogen-bond acceptors (Lipinski definition) is 5. The summed E-state index contributed by atoms with van der Waals surface area (Å²) in [6, 6.07) is 7.67. The SMILES string of the molecule is COc1ccccc1N/C(C)=C1\C(=N)C(C)=NN=C1C. The zero-order valence-corrected chi connectivity index (χ0v) is 12.1. The van der Waals surface area contributed by atoms with Crippen molar-refractivity contribution in [1.82, 2.24) is 0 Å². The molecule has 5 heteroatoms. The van der Waals surface area contributed by atoms with Crippen molar-refractivity contribution >= 4 is 22.8 Å². The van der Waals surface area contributed by atoms with Gasteiger partial charge in [0, 0.05) is 11.3 Å². The van der Waals surface area contributed by atoms with Crippen LogP contribution in [0.3, 0.4) is 0 Å². The second-order valence-electron chi connectivity index (χ2n) is 4.57. The molecule has 0 aromatic heterocycles. The number of nitrogens with one attached hydrogen (secondary N) is 2. The lowest BCUT2D eigenvalue weighted by Gasteiger charge is -2.18. The van der Waals surface area contributed by atoms with E-state index in [9.17, 15) is 0 Å². The van der Waals surface area contributed by atoms with Crippen molar-refractivity contribution in [3.8, 4) is 5.75 Å². The van der Waals surface area contributed by atoms with Crippen LogP contribution in [0, 0.1) is 5.41 Å². The molecular formula is C15H18N4O. The van der Waals surface area contributed by atoms with Gasteiger partial charge in [-0.15, -0.1) is 0 Å². The van der Waals surface area contributed by atoms with Gasteiger partial charge in [-0.3, -0.25) is 5.41 Å². The van der Waals surface area contributed by atoms with E-state index in [1.807, 2.05) is 38.1 Å². The Hall–Kier alpha value is -2.43. The van der Waals surface area contributed by atoms with Gasteiger partial charge in [0.1, 0.15) is 5.75 Å². The van der Waals surface area contributed by atoms with E-state index in [0.717, 1.165) is 28.4 Å². The van der Waals surface area contributed by atoms with Gasteiger partial charge in [-0.2, -0.15) is 10.2 Å². The highest BCUT2D eigenvalue weighted by Gasteiger charge is 2.19. The van der Waals surface area contributed by atoms with Crippen molar-refractivity contribution in [3.63, 3.8) is 0 Å². The molecule has 0 bridgehead atoms. The molecule has 0 fully saturated rings. The quantitative estimate of drug-likeness (QED) is 0.885. The summed E-state index contributed by atoms with van der Waals surface area (Å²) in [4.78, 5) is 0. The Morgan fingerprint density at radius 3 is 2.50 bits per heavy atom. The molecular weight excluding hydrogens is 252 g/mol. The van der Waals surface area contributed by atoms with Gasteiger partial charge in [0.25, 0.3) is 0 Å². The Bertz CT molecular complexity index is 637. The number of para-hydroxylation sites is 2. The van der Waals surface area contributed by atoms with Gasteiger partial charge < -0.3 is 10.1 Å². The summed E-state index contributed by atoms with van der Waals surface area (Å²) in [5.74, 6) is 0.759. The lowest BCUT2D eigenvalue weighted by Crippen LogP contribution is -2.23. The molecule has 2 rings (SSSR count). The molecule has 0 spiro atoms. The Balaban J connectivity index is 2.38. The van der Waals surface area contributed by atoms with E-state index in [2.05, 4.69) is 15.5 Å². The van der Waals surface area contributed by atoms with E-state index in [1.54, 1.807) is 14.0 Å². The molecule has 0 unspecified atom stereocenters. The van der Waals surface area contributed by atoms with Crippen LogP contribution in [0.5, 0.6) is 5.75 Å². The summed E-state index contributed by atoms with van der Waals surface area (Å²) in [5.41, 5.74) is 4.25. The fourth-order valence-corrected chi connectivity index (χ4v) is 2.08. The molecule has 1 aromatic carbocycles. The van der Waals surface area contributed by atoms with Crippen molar-refractivity contribution in [3.05, 3.63) is 35.5 Å². The van der Waals surface area contributed by atoms with E-state index in [4.69, 9.17) is 10.1 Å². The maximum Gasteiger partial charge on any atom is 0.142 e. The van der Waals surface area contributed by atoms with E-state index in [1.165, 1.54) is 0 Å². The first-order chi connectivity index (χ1) is 9.54. The molecule has 104 valence electrons. The van der Waals surface area contributed by atoms with Gasteiger partial charge in [0.2, 0.25) is 0 Å². The summed E-state index contributed by atoms with van der Waals surface area (Å²) in [6.07, 6.45) is 0. The Morgan fingerprint density at radius 1 is 1.15 bits per heavy atom. The highest BCUT2D eigenvalue weighted by Crippen LogP contribution is 2.26. The minimum Gasteiger partial charge on any atom is -0.495 e. The van der Waals surface area contributed by atoms with Crippen LogP contribution in [0.2, 0.25) is 0 Å². The lowest BCUT2D eigenvalue weighted by molar-refractivity contribution is 0.416. The fourth-order valence-electron chi connectivity index (χ4n) is 2.08. The summed E-state index contributed by atoms with van der Waals surface area (Å²) < 4.78 is 5.32. The molecule has 1 aromatic rings. The molecule has 0 atom stereocenters. The Labute approximate surface area is 118 Å². The largest absolute Gasteiger partial charge is 0.495 e. The van der Waals surface area contributed by atoms with Gasteiger partial charge in [-0.1, -0.05) is 12.1 Å². The van der Waals surface area contributed by atoms with Gasteiger partial charge in [0.15, 0.2) is 0 Å². The number of anilines is 1. The summed E-state index contributed by atoms with van der Waals surface area (Å²) in [5, 5.41) is 19.5. The highest BCUT2D eigenvalue weighted by atomic mass is 16.5. The van der Waals surface area contributed by atoms with Crippen LogP contribution >= 0.6 is 0 Å². The van der Waals surface area contributed by atoms with Gasteiger partial charge >= 0.3 is 0 Å². The molecule has 5 nitrogen and oxygen atoms in total. The molecule has 0 saturated heterocycles. The normalized spacial score (nSPS) is 17.3. The van der Waals surface area contributed by atoms with E-state index >= 15 is 0 Å². The van der Waals surface area contributed by atoms with Gasteiger partial charge in [-0.05, 0) is 32.9 Å². The van der Waals surface area contributed by atoms with Crippen LogP contribution in [-0.4, -0.2) is 24.2 Å². The maximum atomic E-state index is 8.14. The monoisotopic (exact) mass is 270 g/mol. The van der Waals surface area contributed by atoms with Crippen molar-refractivity contribution < 1.29 is 4.74 Å². The van der Waals surface area contributed by atoms with Crippen LogP contribution < -0.4 is 10.1 Å². The number of nitrogens with zero attached hydrogens (tertiary/aromatic N) is 2. The minimum atomic E-state index is 0.400. The van der Waals surface area contributed by atoms with Crippen molar-refractivity contribution in [2.24, 2.45) is 10.2 Å². The molecule has 1 heterocycles. The van der Waals surface area contributed by atoms with Crippen LogP contribution in [-0.2, 0) is 0 Å². The predicted molar refractivity (Wildman–Crippen MR) is 83.3 cm³/mol. The maximum absolute atomic E-state index is 8.14. The third-order valence-corrected chi connectivity index (χ3v) is 3.13. The van der Waals surface area contributed by atoms with Crippen LogP contribution in [0.25, 0.3) is 0 Å². The molecule has 0 radical (unpaired) electrons. The number of benzene rings is 1. The summed E-state index contributed by atoms with van der Waals surface area (Å²) in [7, 11) is 1.63. The summed E-state index contributed by atoms with van der Waals surface area (Å²) in [6.45, 7) is 5.57. The minimum absolute atomic E-state index is 0.400. The first-order valence-electron chi connectivity index (χ1n) is 6.34. The Morgan fingerprint density at radius 2 is 1.80 bits per heavy atom. The van der Waals surface area contributed by atoms with E-state index in [0.29, 0.717) is 11.4 Å². The predicted octanol–water partition coefficient (Wildman–Crippen LogP) is 3.25. The average molecular weight is 270 g/mol. The second kappa shape index (κ2) is 5.69. The van der Waals surface area contributed by atoms with Gasteiger partial charge in [0.05, 0.1) is 29.9 Å². The Kier molecular flexibility index (Phi) is 3.98. The molecule has 0 saturated carbocycles. The zero-order chi connectivity index (χ0) is 14.7. The fraction of sp³-hybridized carbons (Fsp3) is 0.267. The highest BCUT2D eigenvalue weighted by molar-refractivity contribution is 6.53. The molecule has 1 aliphatic rings. The lowest BCUT2D eigenvalue weighted by atomic mass is 9.99. The van der Waals surface area contributed by atoms with Crippen LogP contribution in [0.15, 0.2) is 45.7 Å². The van der Waals surface area contributed by atoms with Crippen LogP contribution in [0.4, 0.5) is 5.69 Å². The van der Waals surface area contributed by atoms with Crippen molar-refractivity contribution in [2.45, 2.75) is 20.8 Å². The molecule has 20 heavy (non-hydrogen) atoms. The molecule has 0 amide bonds. The first-order valence-corrected chi connectivity index (χ1v) is 6.34. The number of allylic oxidation sites excluding steroid dienone is 2. The number of hydrogen-bond donors (Lipinski definition) is 2. The van der Waals surface area contributed by atoms with Gasteiger partial charge in [-0.25, -0.2) is 0 Å². The van der Waals surface area contributed by atoms with E-state index < -0.39 is 0 Å². The topological polar surface area (TPSA) is 69.8 Å². The standard InChI is InChI=1S/C15H18N4O/c1-9(14-10(2)18-19-11(3)15(14)16)17-12-7-5-6-8-13(12)20-4/h5-8,16-17H,1-4H3/b14-9-,16-15?. The first kappa shape index (κ1) is 14.0. The van der Waals surface area contributed by atoms with Crippen LogP contribution in [0.1, 0.15) is 20.8 Å². The molecule has 0 aliphatic carbocycles. The zero-order valence-electron chi connectivity index (χ0n) is 12.1. The van der Waals surface area contributed by atoms with Crippen molar-refractivity contribution in [2.75, 3.05) is 12.4 Å². The average Bonchev–Trinajstić information content (AvgIpc) is 2.44. The molecule has 2 N–H and O–H groups in total. The third kappa shape index (κ3) is 2.61. The smallest absolute Gasteiger partial charge is 0.142 e. The van der Waals surface area contributed by atoms with E-state index in [-0.39, 0.29) is 0 Å². The molecule has 1 aliphatic heterocycles. The van der Waals surface area contributed by atoms with Crippen molar-refractivity contribution in [1.29, 1.82) is 5.41 Å². The number of rotatable bonds is 3. The summed E-state index contributed by atoms with van der Waals surface area (Å²) >= 11 is 0.